The Morgan fingerprint density at radius 3 is 1.70 bits per heavy atom. The van der Waals surface area contributed by atoms with Crippen LogP contribution in [0.25, 0.3) is 0 Å². The first-order valence-electron chi connectivity index (χ1n) is 8.57. The number of rotatable bonds is 14. The fourth-order valence-electron chi connectivity index (χ4n) is 2.97. The summed E-state index contributed by atoms with van der Waals surface area (Å²) in [4.78, 5) is 0. The van der Waals surface area contributed by atoms with E-state index in [2.05, 4.69) is 6.92 Å². The smallest absolute Gasteiger partial charge is 0.331 e. The summed E-state index contributed by atoms with van der Waals surface area (Å²) in [7, 11) is 4.39. The van der Waals surface area contributed by atoms with E-state index in [9.17, 15) is 13.2 Å². The summed E-state index contributed by atoms with van der Waals surface area (Å²) in [5.74, 6) is -1.47. The van der Waals surface area contributed by atoms with Gasteiger partial charge in [-0.1, -0.05) is 45.4 Å². The summed E-state index contributed by atoms with van der Waals surface area (Å²) >= 11 is 0. The molecule has 0 aliphatic carbocycles. The van der Waals surface area contributed by atoms with Crippen LogP contribution in [0.5, 0.6) is 0 Å². The zero-order valence-corrected chi connectivity index (χ0v) is 15.0. The zero-order valence-electron chi connectivity index (χ0n) is 15.0. The molecule has 0 fully saturated rings. The van der Waals surface area contributed by atoms with Crippen molar-refractivity contribution in [3.63, 3.8) is 0 Å². The van der Waals surface area contributed by atoms with Crippen LogP contribution in [-0.2, 0) is 14.2 Å². The molecule has 0 spiro atoms. The summed E-state index contributed by atoms with van der Waals surface area (Å²) < 4.78 is 53.2. The highest BCUT2D eigenvalue weighted by Crippen LogP contribution is 2.34. The maximum atomic E-state index is 12.4. The van der Waals surface area contributed by atoms with Crippen LogP contribution in [0.2, 0.25) is 0 Å². The summed E-state index contributed by atoms with van der Waals surface area (Å²) in [6.45, 7) is 2.17. The average molecular weight is 342 g/mol. The van der Waals surface area contributed by atoms with E-state index in [1.165, 1.54) is 40.6 Å². The molecule has 1 atom stereocenters. The maximum absolute atomic E-state index is 12.4. The van der Waals surface area contributed by atoms with E-state index in [4.69, 9.17) is 14.2 Å². The van der Waals surface area contributed by atoms with Crippen molar-refractivity contribution in [3.8, 4) is 0 Å². The predicted octanol–water partition coefficient (Wildman–Crippen LogP) is 5.68. The zero-order chi connectivity index (χ0) is 17.8. The molecule has 23 heavy (non-hydrogen) atoms. The quantitative estimate of drug-likeness (QED) is 0.300. The highest BCUT2D eigenvalue weighted by atomic mass is 19.4. The molecule has 6 heteroatoms. The van der Waals surface area contributed by atoms with Crippen molar-refractivity contribution >= 4 is 0 Å². The number of alkyl halides is 3. The van der Waals surface area contributed by atoms with E-state index in [0.29, 0.717) is 6.42 Å². The summed E-state index contributed by atoms with van der Waals surface area (Å²) in [5, 5.41) is 0. The first kappa shape index (κ1) is 22.7. The Labute approximate surface area is 138 Å². The van der Waals surface area contributed by atoms with Gasteiger partial charge in [-0.25, -0.2) is 0 Å². The van der Waals surface area contributed by atoms with E-state index in [0.717, 1.165) is 25.7 Å². The third-order valence-electron chi connectivity index (χ3n) is 4.27. The predicted molar refractivity (Wildman–Crippen MR) is 85.1 cm³/mol. The lowest BCUT2D eigenvalue weighted by atomic mass is 9.92. The molecule has 0 aromatic heterocycles. The molecule has 0 amide bonds. The second-order valence-electron chi connectivity index (χ2n) is 5.98. The first-order chi connectivity index (χ1) is 10.8. The minimum atomic E-state index is -4.12. The van der Waals surface area contributed by atoms with Crippen LogP contribution in [-0.4, -0.2) is 33.5 Å². The van der Waals surface area contributed by atoms with Crippen molar-refractivity contribution in [1.29, 1.82) is 0 Å². The van der Waals surface area contributed by atoms with Gasteiger partial charge in [-0.3, -0.25) is 0 Å². The lowest BCUT2D eigenvalue weighted by molar-refractivity contribution is -0.380. The molecule has 0 bridgehead atoms. The molecule has 0 aromatic carbocycles. The van der Waals surface area contributed by atoms with E-state index >= 15 is 0 Å². The van der Waals surface area contributed by atoms with Gasteiger partial charge in [-0.2, -0.15) is 13.2 Å². The lowest BCUT2D eigenvalue weighted by Gasteiger charge is -2.36. The molecule has 0 radical (unpaired) electrons. The van der Waals surface area contributed by atoms with Gasteiger partial charge in [0.15, 0.2) is 0 Å². The Kier molecular flexibility index (Phi) is 11.9. The minimum absolute atomic E-state index is 0.0574. The molecule has 1 unspecified atom stereocenters. The first-order valence-corrected chi connectivity index (χ1v) is 8.57. The normalized spacial score (nSPS) is 14.2. The van der Waals surface area contributed by atoms with Crippen LogP contribution in [0.3, 0.4) is 0 Å². The number of methoxy groups -OCH3 is 3. The number of hydrogen-bond acceptors (Lipinski definition) is 3. The Balaban J connectivity index is 4.48. The van der Waals surface area contributed by atoms with Gasteiger partial charge in [0.2, 0.25) is 0 Å². The van der Waals surface area contributed by atoms with Crippen LogP contribution in [0, 0.1) is 5.92 Å². The Bertz CT molecular complexity index is 270. The van der Waals surface area contributed by atoms with Gasteiger partial charge >= 0.3 is 6.18 Å². The highest BCUT2D eigenvalue weighted by Gasteiger charge is 2.40. The molecule has 0 saturated carbocycles. The average Bonchev–Trinajstić information content (AvgIpc) is 2.51. The topological polar surface area (TPSA) is 27.7 Å². The highest BCUT2D eigenvalue weighted by molar-refractivity contribution is 4.72. The fourth-order valence-corrected chi connectivity index (χ4v) is 2.97. The number of ether oxygens (including phenoxy) is 3. The molecule has 0 aliphatic heterocycles. The molecule has 140 valence electrons. The van der Waals surface area contributed by atoms with Crippen LogP contribution in [0.1, 0.15) is 71.1 Å². The van der Waals surface area contributed by atoms with Crippen molar-refractivity contribution in [3.05, 3.63) is 0 Å². The molecular formula is C17H33F3O3. The van der Waals surface area contributed by atoms with E-state index in [1.807, 2.05) is 0 Å². The Morgan fingerprint density at radius 1 is 0.739 bits per heavy atom. The van der Waals surface area contributed by atoms with Gasteiger partial charge < -0.3 is 14.2 Å². The monoisotopic (exact) mass is 342 g/mol. The van der Waals surface area contributed by atoms with E-state index < -0.39 is 18.6 Å². The molecule has 0 aromatic rings. The number of unbranched alkanes of at least 4 members (excludes halogenated alkanes) is 5. The molecule has 0 N–H and O–H groups in total. The lowest BCUT2D eigenvalue weighted by Crippen LogP contribution is -2.44. The van der Waals surface area contributed by atoms with Crippen LogP contribution in [0.15, 0.2) is 0 Å². The third kappa shape index (κ3) is 9.52. The fraction of sp³-hybridized carbons (Fsp3) is 1.00. The molecule has 0 saturated heterocycles. The summed E-state index contributed by atoms with van der Waals surface area (Å²) in [5.41, 5.74) is 0. The SMILES string of the molecule is CCCCCCCCC(CCCC(F)(F)F)C(OC)(OC)OC. The van der Waals surface area contributed by atoms with Crippen molar-refractivity contribution in [2.45, 2.75) is 83.3 Å². The molecule has 0 heterocycles. The van der Waals surface area contributed by atoms with E-state index in [-0.39, 0.29) is 12.3 Å². The second-order valence-corrected chi connectivity index (χ2v) is 5.98. The molecule has 0 aliphatic rings. The Hall–Kier alpha value is -0.330. The van der Waals surface area contributed by atoms with Crippen LogP contribution < -0.4 is 0 Å². The van der Waals surface area contributed by atoms with Gasteiger partial charge in [0.1, 0.15) is 0 Å². The second kappa shape index (κ2) is 12.1. The van der Waals surface area contributed by atoms with Gasteiger partial charge in [0, 0.05) is 33.7 Å². The minimum Gasteiger partial charge on any atom is -0.331 e. The number of hydrogen-bond donors (Lipinski definition) is 0. The molecule has 3 nitrogen and oxygen atoms in total. The van der Waals surface area contributed by atoms with Crippen LogP contribution in [0.4, 0.5) is 13.2 Å². The van der Waals surface area contributed by atoms with Gasteiger partial charge in [0.05, 0.1) is 0 Å². The summed E-state index contributed by atoms with van der Waals surface area (Å²) in [6, 6.07) is 0. The number of halogens is 3. The van der Waals surface area contributed by atoms with Crippen molar-refractivity contribution in [2.75, 3.05) is 21.3 Å². The van der Waals surface area contributed by atoms with Gasteiger partial charge in [-0.15, -0.1) is 0 Å². The third-order valence-corrected chi connectivity index (χ3v) is 4.27. The Morgan fingerprint density at radius 2 is 1.22 bits per heavy atom. The van der Waals surface area contributed by atoms with Gasteiger partial charge in [0.25, 0.3) is 5.97 Å². The van der Waals surface area contributed by atoms with Crippen molar-refractivity contribution in [2.24, 2.45) is 5.92 Å². The van der Waals surface area contributed by atoms with Gasteiger partial charge in [-0.05, 0) is 19.3 Å². The molecule has 0 rings (SSSR count). The van der Waals surface area contributed by atoms with Crippen LogP contribution >= 0.6 is 0 Å². The van der Waals surface area contributed by atoms with Crippen molar-refractivity contribution in [1.82, 2.24) is 0 Å². The standard InChI is InChI=1S/C17H33F3O3/c1-5-6-7-8-9-10-12-15(13-11-14-16(18,19)20)17(21-2,22-3)23-4/h15H,5-14H2,1-4H3. The largest absolute Gasteiger partial charge is 0.389 e. The van der Waals surface area contributed by atoms with Crippen molar-refractivity contribution < 1.29 is 27.4 Å². The molecular weight excluding hydrogens is 309 g/mol. The maximum Gasteiger partial charge on any atom is 0.389 e. The van der Waals surface area contributed by atoms with E-state index in [1.54, 1.807) is 0 Å². The summed E-state index contributed by atoms with van der Waals surface area (Å²) in [6.07, 6.45) is 3.05.